The molecule has 0 N–H and O–H groups in total. The molecule has 0 heterocycles. The first kappa shape index (κ1) is 10.1. The van der Waals surface area contributed by atoms with E-state index in [0.29, 0.717) is 11.1 Å². The molecular weight excluding hydrogens is 279 g/mol. The van der Waals surface area contributed by atoms with Crippen LogP contribution in [-0.4, -0.2) is 13.1 Å². The summed E-state index contributed by atoms with van der Waals surface area (Å²) in [6.45, 7) is 0. The average Bonchev–Trinajstić information content (AvgIpc) is 2.17. The number of hydrogen-bond donors (Lipinski definition) is 0. The highest BCUT2D eigenvalue weighted by Crippen LogP contribution is 2.13. The number of terminal acetylenes is 1. The minimum atomic E-state index is -0.368. The van der Waals surface area contributed by atoms with Gasteiger partial charge in [0.25, 0.3) is 0 Å². The molecule has 0 bridgehead atoms. The van der Waals surface area contributed by atoms with Crippen LogP contribution in [0.25, 0.3) is 0 Å². The highest BCUT2D eigenvalue weighted by Gasteiger charge is 2.06. The molecular formula is C10H7IO2. The number of rotatable bonds is 1. The van der Waals surface area contributed by atoms with Crippen molar-refractivity contribution >= 4 is 28.6 Å². The van der Waals surface area contributed by atoms with Crippen molar-refractivity contribution < 1.29 is 9.53 Å². The molecule has 0 spiro atoms. The zero-order valence-electron chi connectivity index (χ0n) is 7.00. The topological polar surface area (TPSA) is 26.3 Å². The zero-order valence-corrected chi connectivity index (χ0v) is 9.16. The molecule has 0 saturated carbocycles. The van der Waals surface area contributed by atoms with Crippen molar-refractivity contribution in [2.24, 2.45) is 0 Å². The summed E-state index contributed by atoms with van der Waals surface area (Å²) in [6, 6.07) is 5.13. The Kier molecular flexibility index (Phi) is 3.32. The molecule has 66 valence electrons. The van der Waals surface area contributed by atoms with E-state index in [9.17, 15) is 4.79 Å². The van der Waals surface area contributed by atoms with Crippen LogP contribution in [-0.2, 0) is 4.74 Å². The van der Waals surface area contributed by atoms with E-state index in [4.69, 9.17) is 6.42 Å². The number of hydrogen-bond acceptors (Lipinski definition) is 2. The van der Waals surface area contributed by atoms with E-state index in [-0.39, 0.29) is 5.97 Å². The summed E-state index contributed by atoms with van der Waals surface area (Å²) in [7, 11) is 1.34. The van der Waals surface area contributed by atoms with Crippen LogP contribution < -0.4 is 0 Å². The molecule has 0 atom stereocenters. The minimum absolute atomic E-state index is 0.368. The van der Waals surface area contributed by atoms with Crippen LogP contribution in [0.5, 0.6) is 0 Å². The van der Waals surface area contributed by atoms with Crippen molar-refractivity contribution in [2.75, 3.05) is 7.11 Å². The summed E-state index contributed by atoms with van der Waals surface area (Å²) in [4.78, 5) is 11.1. The summed E-state index contributed by atoms with van der Waals surface area (Å²) in [5, 5.41) is 0. The Balaban J connectivity index is 3.15. The summed E-state index contributed by atoms with van der Waals surface area (Å²) >= 11 is 2.12. The van der Waals surface area contributed by atoms with E-state index >= 15 is 0 Å². The van der Waals surface area contributed by atoms with Crippen LogP contribution >= 0.6 is 22.6 Å². The van der Waals surface area contributed by atoms with E-state index in [2.05, 4.69) is 33.2 Å². The lowest BCUT2D eigenvalue weighted by molar-refractivity contribution is 0.0600. The minimum Gasteiger partial charge on any atom is -0.465 e. The summed E-state index contributed by atoms with van der Waals surface area (Å²) < 4.78 is 5.52. The zero-order chi connectivity index (χ0) is 9.84. The molecule has 3 heteroatoms. The Bertz CT molecular complexity index is 377. The fraction of sp³-hybridized carbons (Fsp3) is 0.100. The van der Waals surface area contributed by atoms with Crippen molar-refractivity contribution in [3.8, 4) is 12.3 Å². The van der Waals surface area contributed by atoms with Crippen LogP contribution in [0.3, 0.4) is 0 Å². The molecule has 0 saturated heterocycles. The molecule has 1 aromatic carbocycles. The average molecular weight is 286 g/mol. The highest BCUT2D eigenvalue weighted by molar-refractivity contribution is 14.1. The van der Waals surface area contributed by atoms with E-state index in [1.165, 1.54) is 7.11 Å². The Morgan fingerprint density at radius 3 is 2.85 bits per heavy atom. The number of benzene rings is 1. The van der Waals surface area contributed by atoms with E-state index in [0.717, 1.165) is 3.57 Å². The first-order chi connectivity index (χ1) is 6.19. The van der Waals surface area contributed by atoms with Gasteiger partial charge in [0.1, 0.15) is 0 Å². The molecule has 13 heavy (non-hydrogen) atoms. The van der Waals surface area contributed by atoms with Crippen LogP contribution in [0, 0.1) is 15.9 Å². The van der Waals surface area contributed by atoms with Gasteiger partial charge in [0, 0.05) is 9.13 Å². The fourth-order valence-electron chi connectivity index (χ4n) is 0.881. The van der Waals surface area contributed by atoms with Crippen LogP contribution in [0.1, 0.15) is 15.9 Å². The first-order valence-corrected chi connectivity index (χ1v) is 4.61. The molecule has 2 nitrogen and oxygen atoms in total. The number of carbonyl (C=O) groups is 1. The van der Waals surface area contributed by atoms with Gasteiger partial charge in [-0.05, 0) is 40.8 Å². The van der Waals surface area contributed by atoms with Crippen LogP contribution in [0.4, 0.5) is 0 Å². The highest BCUT2D eigenvalue weighted by atomic mass is 127. The number of esters is 1. The largest absolute Gasteiger partial charge is 0.465 e. The van der Waals surface area contributed by atoms with Crippen LogP contribution in [0.15, 0.2) is 18.2 Å². The predicted octanol–water partition coefficient (Wildman–Crippen LogP) is 2.06. The molecule has 1 rings (SSSR count). The van der Waals surface area contributed by atoms with Crippen molar-refractivity contribution in [1.29, 1.82) is 0 Å². The Hall–Kier alpha value is -1.02. The van der Waals surface area contributed by atoms with Gasteiger partial charge in [0.2, 0.25) is 0 Å². The molecule has 0 aromatic heterocycles. The van der Waals surface area contributed by atoms with Gasteiger partial charge in [-0.15, -0.1) is 6.42 Å². The number of carbonyl (C=O) groups excluding carboxylic acids is 1. The molecule has 0 amide bonds. The molecule has 0 fully saturated rings. The second-order valence-corrected chi connectivity index (χ2v) is 3.49. The Labute approximate surface area is 90.4 Å². The van der Waals surface area contributed by atoms with Crippen molar-refractivity contribution in [2.45, 2.75) is 0 Å². The van der Waals surface area contributed by atoms with Crippen LogP contribution in [0.2, 0.25) is 0 Å². The summed E-state index contributed by atoms with van der Waals surface area (Å²) in [5.41, 5.74) is 1.19. The fourth-order valence-corrected chi connectivity index (χ4v) is 1.37. The third-order valence-electron chi connectivity index (χ3n) is 1.54. The smallest absolute Gasteiger partial charge is 0.337 e. The third-order valence-corrected chi connectivity index (χ3v) is 2.48. The van der Waals surface area contributed by atoms with E-state index in [1.807, 2.05) is 0 Å². The van der Waals surface area contributed by atoms with Crippen molar-refractivity contribution in [3.63, 3.8) is 0 Å². The SMILES string of the molecule is C#Cc1cc(C(=O)OC)ccc1I. The van der Waals surface area contributed by atoms with Gasteiger partial charge in [-0.2, -0.15) is 0 Å². The van der Waals surface area contributed by atoms with Gasteiger partial charge < -0.3 is 4.74 Å². The van der Waals surface area contributed by atoms with Gasteiger partial charge >= 0.3 is 5.97 Å². The summed E-state index contributed by atoms with van der Waals surface area (Å²) in [6.07, 6.45) is 5.25. The van der Waals surface area contributed by atoms with Gasteiger partial charge in [-0.25, -0.2) is 4.79 Å². The monoisotopic (exact) mass is 286 g/mol. The summed E-state index contributed by atoms with van der Waals surface area (Å²) in [5.74, 6) is 2.13. The number of halogens is 1. The van der Waals surface area contributed by atoms with E-state index < -0.39 is 0 Å². The lowest BCUT2D eigenvalue weighted by atomic mass is 10.1. The van der Waals surface area contributed by atoms with Gasteiger partial charge in [0.15, 0.2) is 0 Å². The lowest BCUT2D eigenvalue weighted by Crippen LogP contribution is -2.01. The Morgan fingerprint density at radius 2 is 2.31 bits per heavy atom. The lowest BCUT2D eigenvalue weighted by Gasteiger charge is -2.00. The number of ether oxygens (including phenoxy) is 1. The van der Waals surface area contributed by atoms with Gasteiger partial charge in [-0.3, -0.25) is 0 Å². The normalized spacial score (nSPS) is 9.00. The molecule has 0 unspecified atom stereocenters. The maximum absolute atomic E-state index is 11.1. The van der Waals surface area contributed by atoms with Crippen molar-refractivity contribution in [1.82, 2.24) is 0 Å². The maximum atomic E-state index is 11.1. The van der Waals surface area contributed by atoms with Gasteiger partial charge in [0.05, 0.1) is 12.7 Å². The molecule has 1 aromatic rings. The number of methoxy groups -OCH3 is 1. The maximum Gasteiger partial charge on any atom is 0.337 e. The molecule has 0 radical (unpaired) electrons. The van der Waals surface area contributed by atoms with Crippen molar-refractivity contribution in [3.05, 3.63) is 32.9 Å². The quantitative estimate of drug-likeness (QED) is 0.449. The van der Waals surface area contributed by atoms with Gasteiger partial charge in [-0.1, -0.05) is 5.92 Å². The molecule has 0 aliphatic carbocycles. The molecule has 0 aliphatic rings. The first-order valence-electron chi connectivity index (χ1n) is 3.53. The second-order valence-electron chi connectivity index (χ2n) is 2.33. The van der Waals surface area contributed by atoms with E-state index in [1.54, 1.807) is 18.2 Å². The predicted molar refractivity (Wildman–Crippen MR) is 58.4 cm³/mol. The second kappa shape index (κ2) is 4.28. The standard InChI is InChI=1S/C10H7IO2/c1-3-7-6-8(10(12)13-2)4-5-9(7)11/h1,4-6H,2H3. The Morgan fingerprint density at radius 1 is 1.62 bits per heavy atom. The molecule has 0 aliphatic heterocycles. The third kappa shape index (κ3) is 2.22.